The SMILES string of the molecule is CN(c1ncc(F)cc1CO)C1CCCCC1. The van der Waals surface area contributed by atoms with E-state index >= 15 is 0 Å². The van der Waals surface area contributed by atoms with Crippen LogP contribution in [0.2, 0.25) is 0 Å². The summed E-state index contributed by atoms with van der Waals surface area (Å²) in [6.45, 7) is -0.169. The molecule has 1 fully saturated rings. The lowest BCUT2D eigenvalue weighted by Gasteiger charge is -2.33. The van der Waals surface area contributed by atoms with Crippen LogP contribution in [0.15, 0.2) is 12.3 Å². The molecule has 4 heteroatoms. The molecule has 0 saturated heterocycles. The van der Waals surface area contributed by atoms with Gasteiger partial charge in [-0.3, -0.25) is 0 Å². The first kappa shape index (κ1) is 12.3. The van der Waals surface area contributed by atoms with Gasteiger partial charge in [-0.15, -0.1) is 0 Å². The van der Waals surface area contributed by atoms with Gasteiger partial charge in [-0.2, -0.15) is 0 Å². The quantitative estimate of drug-likeness (QED) is 0.879. The number of halogens is 1. The lowest BCUT2D eigenvalue weighted by atomic mass is 9.94. The summed E-state index contributed by atoms with van der Waals surface area (Å²) in [5, 5.41) is 9.26. The van der Waals surface area contributed by atoms with Gasteiger partial charge in [-0.1, -0.05) is 19.3 Å². The minimum atomic E-state index is -0.394. The lowest BCUT2D eigenvalue weighted by Crippen LogP contribution is -2.34. The van der Waals surface area contributed by atoms with Crippen molar-refractivity contribution in [2.75, 3.05) is 11.9 Å². The van der Waals surface area contributed by atoms with E-state index in [-0.39, 0.29) is 6.61 Å². The minimum Gasteiger partial charge on any atom is -0.392 e. The fraction of sp³-hybridized carbons (Fsp3) is 0.615. The van der Waals surface area contributed by atoms with Crippen molar-refractivity contribution in [2.45, 2.75) is 44.8 Å². The lowest BCUT2D eigenvalue weighted by molar-refractivity contribution is 0.280. The van der Waals surface area contributed by atoms with Gasteiger partial charge in [0, 0.05) is 18.7 Å². The third-order valence-electron chi connectivity index (χ3n) is 3.54. The molecule has 1 aliphatic rings. The molecule has 1 saturated carbocycles. The first-order valence-corrected chi connectivity index (χ1v) is 6.20. The Kier molecular flexibility index (Phi) is 3.94. The number of aliphatic hydroxyl groups excluding tert-OH is 1. The van der Waals surface area contributed by atoms with Gasteiger partial charge < -0.3 is 10.0 Å². The third kappa shape index (κ3) is 2.75. The Balaban J connectivity index is 2.19. The molecule has 0 amide bonds. The zero-order chi connectivity index (χ0) is 12.3. The molecule has 1 aromatic rings. The smallest absolute Gasteiger partial charge is 0.142 e. The average Bonchev–Trinajstić information content (AvgIpc) is 2.39. The molecule has 94 valence electrons. The standard InChI is InChI=1S/C13H19FN2O/c1-16(12-5-3-2-4-6-12)13-10(9-17)7-11(14)8-15-13/h7-8,12,17H,2-6,9H2,1H3. The molecule has 1 heterocycles. The number of nitrogens with zero attached hydrogens (tertiary/aromatic N) is 2. The first-order chi connectivity index (χ1) is 8.22. The Morgan fingerprint density at radius 2 is 2.12 bits per heavy atom. The van der Waals surface area contributed by atoms with Crippen LogP contribution >= 0.6 is 0 Å². The Bertz CT molecular complexity index is 378. The Hall–Kier alpha value is -1.16. The second kappa shape index (κ2) is 5.45. The summed E-state index contributed by atoms with van der Waals surface area (Å²) in [6.07, 6.45) is 7.30. The number of aliphatic hydroxyl groups is 1. The highest BCUT2D eigenvalue weighted by atomic mass is 19.1. The monoisotopic (exact) mass is 238 g/mol. The minimum absolute atomic E-state index is 0.169. The molecule has 0 aromatic carbocycles. The zero-order valence-electron chi connectivity index (χ0n) is 10.2. The highest BCUT2D eigenvalue weighted by Crippen LogP contribution is 2.27. The summed E-state index contributed by atoms with van der Waals surface area (Å²) in [7, 11) is 1.98. The number of rotatable bonds is 3. The molecule has 3 nitrogen and oxygen atoms in total. The predicted octanol–water partition coefficient (Wildman–Crippen LogP) is 2.48. The van der Waals surface area contributed by atoms with E-state index in [1.54, 1.807) is 0 Å². The Labute approximate surface area is 101 Å². The summed E-state index contributed by atoms with van der Waals surface area (Å²) in [6, 6.07) is 1.83. The van der Waals surface area contributed by atoms with Crippen LogP contribution in [0.1, 0.15) is 37.7 Å². The molecule has 0 aliphatic heterocycles. The van der Waals surface area contributed by atoms with E-state index in [9.17, 15) is 9.50 Å². The van der Waals surface area contributed by atoms with Gasteiger partial charge in [0.15, 0.2) is 0 Å². The number of anilines is 1. The molecule has 2 rings (SSSR count). The highest BCUT2D eigenvalue weighted by Gasteiger charge is 2.21. The highest BCUT2D eigenvalue weighted by molar-refractivity contribution is 5.46. The van der Waals surface area contributed by atoms with E-state index in [1.165, 1.54) is 31.5 Å². The average molecular weight is 238 g/mol. The maximum atomic E-state index is 13.0. The van der Waals surface area contributed by atoms with Gasteiger partial charge in [0.05, 0.1) is 12.8 Å². The van der Waals surface area contributed by atoms with Crippen molar-refractivity contribution >= 4 is 5.82 Å². The third-order valence-corrected chi connectivity index (χ3v) is 3.54. The summed E-state index contributed by atoms with van der Waals surface area (Å²) < 4.78 is 13.0. The maximum absolute atomic E-state index is 13.0. The van der Waals surface area contributed by atoms with E-state index in [4.69, 9.17) is 0 Å². The van der Waals surface area contributed by atoms with Gasteiger partial charge in [-0.05, 0) is 18.9 Å². The molecular weight excluding hydrogens is 219 g/mol. The molecule has 0 radical (unpaired) electrons. The van der Waals surface area contributed by atoms with Gasteiger partial charge >= 0.3 is 0 Å². The van der Waals surface area contributed by atoms with Crippen molar-refractivity contribution in [3.63, 3.8) is 0 Å². The van der Waals surface area contributed by atoms with Gasteiger partial charge in [-0.25, -0.2) is 9.37 Å². The van der Waals surface area contributed by atoms with Crippen molar-refractivity contribution in [1.82, 2.24) is 4.98 Å². The first-order valence-electron chi connectivity index (χ1n) is 6.20. The van der Waals surface area contributed by atoms with Gasteiger partial charge in [0.25, 0.3) is 0 Å². The van der Waals surface area contributed by atoms with Crippen LogP contribution in [-0.4, -0.2) is 23.2 Å². The van der Waals surface area contributed by atoms with Crippen molar-refractivity contribution in [1.29, 1.82) is 0 Å². The van der Waals surface area contributed by atoms with E-state index in [2.05, 4.69) is 9.88 Å². The maximum Gasteiger partial charge on any atom is 0.142 e. The Morgan fingerprint density at radius 3 is 2.76 bits per heavy atom. The van der Waals surface area contributed by atoms with Crippen LogP contribution in [0.5, 0.6) is 0 Å². The fourth-order valence-corrected chi connectivity index (χ4v) is 2.55. The second-order valence-electron chi connectivity index (χ2n) is 4.70. The summed E-state index contributed by atoms with van der Waals surface area (Å²) >= 11 is 0. The van der Waals surface area contributed by atoms with Crippen molar-refractivity contribution < 1.29 is 9.50 Å². The van der Waals surface area contributed by atoms with Crippen LogP contribution in [0.4, 0.5) is 10.2 Å². The second-order valence-corrected chi connectivity index (χ2v) is 4.70. The largest absolute Gasteiger partial charge is 0.392 e. The molecule has 0 unspecified atom stereocenters. The number of pyridine rings is 1. The molecule has 0 spiro atoms. The van der Waals surface area contributed by atoms with Crippen LogP contribution < -0.4 is 4.90 Å². The van der Waals surface area contributed by atoms with E-state index in [0.717, 1.165) is 12.8 Å². The van der Waals surface area contributed by atoms with E-state index in [0.29, 0.717) is 17.4 Å². The molecule has 1 aromatic heterocycles. The van der Waals surface area contributed by atoms with Crippen molar-refractivity contribution in [2.24, 2.45) is 0 Å². The normalized spacial score (nSPS) is 17.1. The molecular formula is C13H19FN2O. The van der Waals surface area contributed by atoms with Crippen LogP contribution in [0, 0.1) is 5.82 Å². The summed E-state index contributed by atoms with van der Waals surface area (Å²) in [4.78, 5) is 6.20. The number of hydrogen-bond acceptors (Lipinski definition) is 3. The molecule has 1 aliphatic carbocycles. The molecule has 17 heavy (non-hydrogen) atoms. The molecule has 0 atom stereocenters. The van der Waals surface area contributed by atoms with Crippen LogP contribution in [-0.2, 0) is 6.61 Å². The summed E-state index contributed by atoms with van der Waals surface area (Å²) in [5.41, 5.74) is 0.568. The summed E-state index contributed by atoms with van der Waals surface area (Å²) in [5.74, 6) is 0.315. The molecule has 0 bridgehead atoms. The number of aromatic nitrogens is 1. The van der Waals surface area contributed by atoms with Crippen LogP contribution in [0.25, 0.3) is 0 Å². The van der Waals surface area contributed by atoms with Crippen LogP contribution in [0.3, 0.4) is 0 Å². The number of hydrogen-bond donors (Lipinski definition) is 1. The molecule has 1 N–H and O–H groups in total. The van der Waals surface area contributed by atoms with Gasteiger partial charge in [0.1, 0.15) is 11.6 Å². The van der Waals surface area contributed by atoms with E-state index < -0.39 is 5.82 Å². The predicted molar refractivity (Wildman–Crippen MR) is 65.4 cm³/mol. The van der Waals surface area contributed by atoms with Crippen molar-refractivity contribution in [3.8, 4) is 0 Å². The fourth-order valence-electron chi connectivity index (χ4n) is 2.55. The van der Waals surface area contributed by atoms with Gasteiger partial charge in [0.2, 0.25) is 0 Å². The Morgan fingerprint density at radius 1 is 1.41 bits per heavy atom. The zero-order valence-corrected chi connectivity index (χ0v) is 10.2. The van der Waals surface area contributed by atoms with E-state index in [1.807, 2.05) is 7.05 Å². The topological polar surface area (TPSA) is 36.4 Å². The van der Waals surface area contributed by atoms with Crippen molar-refractivity contribution in [3.05, 3.63) is 23.6 Å².